The normalized spacial score (nSPS) is 17.5. The van der Waals surface area contributed by atoms with Crippen LogP contribution in [0.1, 0.15) is 32.3 Å². The molecule has 2 aliphatic rings. The molecule has 2 aromatic rings. The van der Waals surface area contributed by atoms with Crippen molar-refractivity contribution in [2.45, 2.75) is 38.6 Å². The number of benzene rings is 2. The van der Waals surface area contributed by atoms with E-state index in [-0.39, 0.29) is 30.2 Å². The molecule has 0 atom stereocenters. The molecule has 0 aromatic heterocycles. The van der Waals surface area contributed by atoms with Gasteiger partial charge in [-0.2, -0.15) is 0 Å². The topological polar surface area (TPSA) is 73.0 Å². The summed E-state index contributed by atoms with van der Waals surface area (Å²) >= 11 is 0. The third-order valence-corrected chi connectivity index (χ3v) is 6.89. The molecule has 4 rings (SSSR count). The molecule has 3 amide bonds. The van der Waals surface area contributed by atoms with Gasteiger partial charge in [-0.05, 0) is 37.0 Å². The highest BCUT2D eigenvalue weighted by Gasteiger charge is 2.54. The molecule has 34 heavy (non-hydrogen) atoms. The highest BCUT2D eigenvalue weighted by atomic mass is 16.2. The zero-order valence-electron chi connectivity index (χ0n) is 20.1. The van der Waals surface area contributed by atoms with Crippen molar-refractivity contribution in [2.75, 3.05) is 37.7 Å². The first-order valence-electron chi connectivity index (χ1n) is 12.1. The van der Waals surface area contributed by atoms with Gasteiger partial charge in [0.2, 0.25) is 11.8 Å². The molecule has 0 radical (unpaired) electrons. The van der Waals surface area contributed by atoms with Crippen molar-refractivity contribution in [1.82, 2.24) is 15.1 Å². The highest BCUT2D eigenvalue weighted by Crippen LogP contribution is 2.39. The van der Waals surface area contributed by atoms with Gasteiger partial charge in [-0.3, -0.25) is 14.4 Å². The predicted molar refractivity (Wildman–Crippen MR) is 132 cm³/mol. The van der Waals surface area contributed by atoms with Crippen molar-refractivity contribution in [3.63, 3.8) is 0 Å². The predicted octanol–water partition coefficient (Wildman–Crippen LogP) is 2.67. The van der Waals surface area contributed by atoms with Crippen LogP contribution in [0.3, 0.4) is 0 Å². The average molecular weight is 463 g/mol. The van der Waals surface area contributed by atoms with Crippen LogP contribution in [-0.4, -0.2) is 65.9 Å². The lowest BCUT2D eigenvalue weighted by molar-refractivity contribution is -0.141. The number of anilines is 1. The van der Waals surface area contributed by atoms with Gasteiger partial charge in [-0.1, -0.05) is 62.4 Å². The summed E-state index contributed by atoms with van der Waals surface area (Å²) < 4.78 is 0. The van der Waals surface area contributed by atoms with Crippen LogP contribution in [0.25, 0.3) is 0 Å². The van der Waals surface area contributed by atoms with Crippen molar-refractivity contribution in [3.05, 3.63) is 66.2 Å². The van der Waals surface area contributed by atoms with Gasteiger partial charge in [0.1, 0.15) is 12.1 Å². The number of rotatable bonds is 7. The Morgan fingerprint density at radius 2 is 1.59 bits per heavy atom. The Hall–Kier alpha value is -3.35. The fourth-order valence-electron chi connectivity index (χ4n) is 5.00. The van der Waals surface area contributed by atoms with Crippen molar-refractivity contribution < 1.29 is 14.4 Å². The van der Waals surface area contributed by atoms with E-state index in [2.05, 4.69) is 10.2 Å². The van der Waals surface area contributed by atoms with E-state index >= 15 is 0 Å². The number of likely N-dealkylation sites (tertiary alicyclic amines) is 1. The Morgan fingerprint density at radius 3 is 2.21 bits per heavy atom. The largest absolute Gasteiger partial charge is 0.354 e. The Labute approximate surface area is 201 Å². The fraction of sp³-hybridized carbons (Fsp3) is 0.444. The third kappa shape index (κ3) is 4.93. The Bertz CT molecular complexity index is 1000. The van der Waals surface area contributed by atoms with E-state index < -0.39 is 5.54 Å². The fourth-order valence-corrected chi connectivity index (χ4v) is 5.00. The molecule has 0 aliphatic carbocycles. The van der Waals surface area contributed by atoms with Crippen LogP contribution in [-0.2, 0) is 20.8 Å². The number of nitrogens with one attached hydrogen (secondary N) is 1. The molecular weight excluding hydrogens is 428 g/mol. The summed E-state index contributed by atoms with van der Waals surface area (Å²) in [5.41, 5.74) is 1.41. The molecule has 1 spiro atoms. The van der Waals surface area contributed by atoms with E-state index in [0.29, 0.717) is 39.1 Å². The van der Waals surface area contributed by atoms with Crippen LogP contribution in [0.2, 0.25) is 0 Å². The minimum atomic E-state index is -0.723. The molecule has 2 fully saturated rings. The summed E-state index contributed by atoms with van der Waals surface area (Å²) in [6.45, 7) is 5.83. The summed E-state index contributed by atoms with van der Waals surface area (Å²) in [5, 5.41) is 2.95. The summed E-state index contributed by atoms with van der Waals surface area (Å²) in [6, 6.07) is 19.9. The quantitative estimate of drug-likeness (QED) is 0.687. The van der Waals surface area contributed by atoms with E-state index in [1.54, 1.807) is 4.90 Å². The first-order chi connectivity index (χ1) is 16.4. The number of nitrogens with zero attached hydrogens (tertiary/aromatic N) is 3. The minimum absolute atomic E-state index is 0.0220. The smallest absolute Gasteiger partial charge is 0.250 e. The number of hydrogen-bond acceptors (Lipinski definition) is 4. The van der Waals surface area contributed by atoms with Crippen molar-refractivity contribution in [1.29, 1.82) is 0 Å². The Morgan fingerprint density at radius 1 is 0.971 bits per heavy atom. The Balaban J connectivity index is 1.44. The van der Waals surface area contributed by atoms with Gasteiger partial charge in [-0.25, -0.2) is 0 Å². The van der Waals surface area contributed by atoms with Gasteiger partial charge < -0.3 is 20.0 Å². The van der Waals surface area contributed by atoms with E-state index in [4.69, 9.17) is 0 Å². The first kappa shape index (κ1) is 23.8. The van der Waals surface area contributed by atoms with Crippen molar-refractivity contribution in [2.24, 2.45) is 5.92 Å². The van der Waals surface area contributed by atoms with Gasteiger partial charge in [0, 0.05) is 31.2 Å². The molecule has 1 N–H and O–H groups in total. The third-order valence-electron chi connectivity index (χ3n) is 6.89. The molecular formula is C27H34N4O3. The molecule has 0 unspecified atom stereocenters. The molecule has 7 heteroatoms. The molecule has 0 bridgehead atoms. The molecule has 2 aromatic carbocycles. The Kier molecular flexibility index (Phi) is 7.20. The van der Waals surface area contributed by atoms with Crippen LogP contribution in [0.15, 0.2) is 60.7 Å². The second-order valence-electron chi connectivity index (χ2n) is 9.51. The number of piperidine rings is 1. The lowest BCUT2D eigenvalue weighted by Gasteiger charge is -2.43. The van der Waals surface area contributed by atoms with Crippen LogP contribution < -0.4 is 10.2 Å². The molecule has 0 saturated carbocycles. The van der Waals surface area contributed by atoms with Crippen molar-refractivity contribution in [3.8, 4) is 0 Å². The number of amides is 3. The van der Waals surface area contributed by atoms with Gasteiger partial charge in [0.05, 0.1) is 6.67 Å². The second kappa shape index (κ2) is 10.3. The molecule has 2 heterocycles. The van der Waals surface area contributed by atoms with Crippen molar-refractivity contribution >= 4 is 23.4 Å². The van der Waals surface area contributed by atoms with E-state index in [1.165, 1.54) is 0 Å². The van der Waals surface area contributed by atoms with Crippen LogP contribution in [0.5, 0.6) is 0 Å². The number of carbonyl (C=O) groups is 3. The standard InChI is InChI=1S/C27H34N4O3/c1-21(2)25(33)29-17-14-27(15-18-29)26(34)30(20-31(27)23-11-7-4-8-12-23)19-24(32)28-16-13-22-9-5-3-6-10-22/h3-12,21H,13-20H2,1-2H3,(H,28,32). The summed E-state index contributed by atoms with van der Waals surface area (Å²) in [5.74, 6) is -0.108. The van der Waals surface area contributed by atoms with Gasteiger partial charge >= 0.3 is 0 Å². The van der Waals surface area contributed by atoms with E-state index in [0.717, 1.165) is 17.7 Å². The highest BCUT2D eigenvalue weighted by molar-refractivity contribution is 5.96. The zero-order chi connectivity index (χ0) is 24.1. The van der Waals surface area contributed by atoms with Gasteiger partial charge in [-0.15, -0.1) is 0 Å². The summed E-state index contributed by atoms with van der Waals surface area (Å²) in [6.07, 6.45) is 1.87. The molecule has 2 aliphatic heterocycles. The second-order valence-corrected chi connectivity index (χ2v) is 9.51. The lowest BCUT2D eigenvalue weighted by atomic mass is 9.85. The maximum absolute atomic E-state index is 13.7. The number of hydrogen-bond donors (Lipinski definition) is 1. The SMILES string of the molecule is CC(C)C(=O)N1CCC2(CC1)C(=O)N(CC(=O)NCCc1ccccc1)CN2c1ccccc1. The summed E-state index contributed by atoms with van der Waals surface area (Å²) in [7, 11) is 0. The monoisotopic (exact) mass is 462 g/mol. The average Bonchev–Trinajstić information content (AvgIpc) is 3.11. The van der Waals surface area contributed by atoms with Crippen LogP contribution in [0, 0.1) is 5.92 Å². The van der Waals surface area contributed by atoms with E-state index in [9.17, 15) is 14.4 Å². The lowest BCUT2D eigenvalue weighted by Crippen LogP contribution is -2.57. The maximum atomic E-state index is 13.7. The molecule has 180 valence electrons. The summed E-state index contributed by atoms with van der Waals surface area (Å²) in [4.78, 5) is 44.6. The van der Waals surface area contributed by atoms with Crippen LogP contribution in [0.4, 0.5) is 5.69 Å². The maximum Gasteiger partial charge on any atom is 0.250 e. The first-order valence-corrected chi connectivity index (χ1v) is 12.1. The van der Waals surface area contributed by atoms with Gasteiger partial charge in [0.25, 0.3) is 5.91 Å². The zero-order valence-corrected chi connectivity index (χ0v) is 20.1. The molecule has 2 saturated heterocycles. The minimum Gasteiger partial charge on any atom is -0.354 e. The number of carbonyl (C=O) groups excluding carboxylic acids is 3. The van der Waals surface area contributed by atoms with E-state index in [1.807, 2.05) is 79.4 Å². The van der Waals surface area contributed by atoms with Crippen LogP contribution >= 0.6 is 0 Å². The number of para-hydroxylation sites is 1. The van der Waals surface area contributed by atoms with Gasteiger partial charge in [0.15, 0.2) is 0 Å². The molecule has 7 nitrogen and oxygen atoms in total.